The van der Waals surface area contributed by atoms with Gasteiger partial charge in [-0.2, -0.15) is 5.10 Å². The number of halogens is 2. The molecule has 2 rings (SSSR count). The standard InChI is InChI=1S/C16H19F2N3O/c1-9(7-13-10(2)20-21(4)11(13)3)19-16(22)14-8-12(17)5-6-15(14)18/h5-6,8-9H,7H2,1-4H3,(H,19,22)/t9-/m0/s1. The van der Waals surface area contributed by atoms with Crippen molar-refractivity contribution < 1.29 is 13.6 Å². The van der Waals surface area contributed by atoms with Crippen molar-refractivity contribution in [3.8, 4) is 0 Å². The molecular formula is C16H19F2N3O. The van der Waals surface area contributed by atoms with Crippen LogP contribution in [0.4, 0.5) is 8.78 Å². The minimum atomic E-state index is -0.736. The van der Waals surface area contributed by atoms with Gasteiger partial charge < -0.3 is 5.32 Å². The van der Waals surface area contributed by atoms with Crippen LogP contribution in [0, 0.1) is 25.5 Å². The average Bonchev–Trinajstić information content (AvgIpc) is 2.68. The van der Waals surface area contributed by atoms with Crippen LogP contribution in [-0.4, -0.2) is 21.7 Å². The maximum Gasteiger partial charge on any atom is 0.254 e. The maximum atomic E-state index is 13.6. The first kappa shape index (κ1) is 16.1. The molecule has 1 N–H and O–H groups in total. The van der Waals surface area contributed by atoms with Gasteiger partial charge in [-0.15, -0.1) is 0 Å². The number of nitrogens with one attached hydrogen (secondary N) is 1. The van der Waals surface area contributed by atoms with Crippen molar-refractivity contribution in [3.63, 3.8) is 0 Å². The summed E-state index contributed by atoms with van der Waals surface area (Å²) in [6.07, 6.45) is 0.578. The molecule has 6 heteroatoms. The van der Waals surface area contributed by atoms with Crippen LogP contribution >= 0.6 is 0 Å². The molecule has 0 saturated heterocycles. The molecule has 118 valence electrons. The highest BCUT2D eigenvalue weighted by atomic mass is 19.1. The minimum Gasteiger partial charge on any atom is -0.349 e. The Labute approximate surface area is 128 Å². The zero-order valence-electron chi connectivity index (χ0n) is 13.1. The zero-order chi connectivity index (χ0) is 16.4. The summed E-state index contributed by atoms with van der Waals surface area (Å²) in [6, 6.07) is 2.61. The Kier molecular flexibility index (Phi) is 4.59. The molecule has 4 nitrogen and oxygen atoms in total. The molecule has 22 heavy (non-hydrogen) atoms. The number of rotatable bonds is 4. The molecule has 0 fully saturated rings. The summed E-state index contributed by atoms with van der Waals surface area (Å²) in [5.41, 5.74) is 2.69. The quantitative estimate of drug-likeness (QED) is 0.944. The summed E-state index contributed by atoms with van der Waals surface area (Å²) in [4.78, 5) is 12.1. The highest BCUT2D eigenvalue weighted by Gasteiger charge is 2.18. The lowest BCUT2D eigenvalue weighted by Crippen LogP contribution is -2.34. The molecule has 0 bridgehead atoms. The second-order valence-corrected chi connectivity index (χ2v) is 5.48. The molecule has 2 aromatic rings. The molecule has 1 aromatic heterocycles. The largest absolute Gasteiger partial charge is 0.349 e. The van der Waals surface area contributed by atoms with Crippen molar-refractivity contribution in [2.75, 3.05) is 0 Å². The summed E-state index contributed by atoms with van der Waals surface area (Å²) in [7, 11) is 1.86. The number of hydrogen-bond donors (Lipinski definition) is 1. The molecule has 1 heterocycles. The molecule has 1 amide bonds. The van der Waals surface area contributed by atoms with Gasteiger partial charge >= 0.3 is 0 Å². The number of carbonyl (C=O) groups is 1. The van der Waals surface area contributed by atoms with Gasteiger partial charge in [-0.25, -0.2) is 8.78 Å². The lowest BCUT2D eigenvalue weighted by atomic mass is 10.0. The number of carbonyl (C=O) groups excluding carboxylic acids is 1. The lowest BCUT2D eigenvalue weighted by molar-refractivity contribution is 0.0935. The van der Waals surface area contributed by atoms with Crippen molar-refractivity contribution in [3.05, 3.63) is 52.3 Å². The summed E-state index contributed by atoms with van der Waals surface area (Å²) in [5.74, 6) is -2.00. The van der Waals surface area contributed by atoms with E-state index in [0.717, 1.165) is 35.2 Å². The first-order valence-corrected chi connectivity index (χ1v) is 7.04. The van der Waals surface area contributed by atoms with Gasteiger partial charge in [0.15, 0.2) is 0 Å². The van der Waals surface area contributed by atoms with Crippen LogP contribution in [-0.2, 0) is 13.5 Å². The molecule has 0 spiro atoms. The molecular weight excluding hydrogens is 288 g/mol. The van der Waals surface area contributed by atoms with Gasteiger partial charge in [0, 0.05) is 18.8 Å². The fraction of sp³-hybridized carbons (Fsp3) is 0.375. The third kappa shape index (κ3) is 3.32. The van der Waals surface area contributed by atoms with Gasteiger partial charge in [-0.05, 0) is 51.0 Å². The van der Waals surface area contributed by atoms with Gasteiger partial charge in [-0.3, -0.25) is 9.48 Å². The Bertz CT molecular complexity index is 710. The van der Waals surface area contributed by atoms with E-state index in [0.29, 0.717) is 6.42 Å². The van der Waals surface area contributed by atoms with E-state index in [1.165, 1.54) is 0 Å². The predicted octanol–water partition coefficient (Wildman–Crippen LogP) is 2.68. The van der Waals surface area contributed by atoms with Crippen LogP contribution in [0.5, 0.6) is 0 Å². The molecule has 1 aromatic carbocycles. The highest BCUT2D eigenvalue weighted by Crippen LogP contribution is 2.15. The zero-order valence-corrected chi connectivity index (χ0v) is 13.1. The van der Waals surface area contributed by atoms with E-state index in [1.807, 2.05) is 27.8 Å². The summed E-state index contributed by atoms with van der Waals surface area (Å²) in [6.45, 7) is 5.68. The van der Waals surface area contributed by atoms with Crippen LogP contribution in [0.25, 0.3) is 0 Å². The highest BCUT2D eigenvalue weighted by molar-refractivity contribution is 5.94. The van der Waals surface area contributed by atoms with Crippen molar-refractivity contribution >= 4 is 5.91 Å². The van der Waals surface area contributed by atoms with E-state index in [1.54, 1.807) is 4.68 Å². The number of hydrogen-bond acceptors (Lipinski definition) is 2. The molecule has 0 radical (unpaired) electrons. The van der Waals surface area contributed by atoms with Gasteiger partial charge in [0.1, 0.15) is 11.6 Å². The van der Waals surface area contributed by atoms with Crippen LogP contribution in [0.1, 0.15) is 34.2 Å². The Hall–Kier alpha value is -2.24. The van der Waals surface area contributed by atoms with Crippen molar-refractivity contribution in [2.24, 2.45) is 7.05 Å². The van der Waals surface area contributed by atoms with Gasteiger partial charge in [0.05, 0.1) is 11.3 Å². The number of aromatic nitrogens is 2. The molecule has 1 atom stereocenters. The summed E-state index contributed by atoms with van der Waals surface area (Å²) in [5, 5.41) is 7.01. The first-order chi connectivity index (χ1) is 10.3. The average molecular weight is 307 g/mol. The van der Waals surface area contributed by atoms with Gasteiger partial charge in [-0.1, -0.05) is 0 Å². The number of nitrogens with zero attached hydrogens (tertiary/aromatic N) is 2. The fourth-order valence-corrected chi connectivity index (χ4v) is 2.44. The smallest absolute Gasteiger partial charge is 0.254 e. The third-order valence-electron chi connectivity index (χ3n) is 3.72. The SMILES string of the molecule is Cc1nn(C)c(C)c1C[C@H](C)NC(=O)c1cc(F)ccc1F. The van der Waals surface area contributed by atoms with E-state index < -0.39 is 17.5 Å². The normalized spacial score (nSPS) is 12.3. The Morgan fingerprint density at radius 2 is 2.05 bits per heavy atom. The van der Waals surface area contributed by atoms with Crippen molar-refractivity contribution in [1.82, 2.24) is 15.1 Å². The monoisotopic (exact) mass is 307 g/mol. The van der Waals surface area contributed by atoms with Crippen LogP contribution in [0.3, 0.4) is 0 Å². The molecule has 0 saturated carbocycles. The number of aryl methyl sites for hydroxylation is 2. The number of amides is 1. The minimum absolute atomic E-state index is 0.225. The predicted molar refractivity (Wildman–Crippen MR) is 79.7 cm³/mol. The maximum absolute atomic E-state index is 13.6. The van der Waals surface area contributed by atoms with Crippen LogP contribution in [0.2, 0.25) is 0 Å². The van der Waals surface area contributed by atoms with Crippen molar-refractivity contribution in [2.45, 2.75) is 33.2 Å². The number of benzene rings is 1. The topological polar surface area (TPSA) is 46.9 Å². The third-order valence-corrected chi connectivity index (χ3v) is 3.72. The Morgan fingerprint density at radius 3 is 2.64 bits per heavy atom. The van der Waals surface area contributed by atoms with Gasteiger partial charge in [0.25, 0.3) is 5.91 Å². The van der Waals surface area contributed by atoms with Crippen molar-refractivity contribution in [1.29, 1.82) is 0 Å². The lowest BCUT2D eigenvalue weighted by Gasteiger charge is -2.14. The van der Waals surface area contributed by atoms with E-state index >= 15 is 0 Å². The molecule has 0 aliphatic carbocycles. The Balaban J connectivity index is 2.10. The second kappa shape index (κ2) is 6.25. The fourth-order valence-electron chi connectivity index (χ4n) is 2.44. The molecule has 0 unspecified atom stereocenters. The van der Waals surface area contributed by atoms with Crippen LogP contribution in [0.15, 0.2) is 18.2 Å². The van der Waals surface area contributed by atoms with E-state index in [4.69, 9.17) is 0 Å². The summed E-state index contributed by atoms with van der Waals surface area (Å²) >= 11 is 0. The second-order valence-electron chi connectivity index (χ2n) is 5.48. The van der Waals surface area contributed by atoms with Gasteiger partial charge in [0.2, 0.25) is 0 Å². The van der Waals surface area contributed by atoms with E-state index in [2.05, 4.69) is 10.4 Å². The molecule has 0 aliphatic rings. The molecule has 0 aliphatic heterocycles. The first-order valence-electron chi connectivity index (χ1n) is 7.04. The summed E-state index contributed by atoms with van der Waals surface area (Å²) < 4.78 is 28.5. The van der Waals surface area contributed by atoms with E-state index in [9.17, 15) is 13.6 Å². The van der Waals surface area contributed by atoms with Crippen LogP contribution < -0.4 is 5.32 Å². The van der Waals surface area contributed by atoms with E-state index in [-0.39, 0.29) is 11.6 Å². The Morgan fingerprint density at radius 1 is 1.36 bits per heavy atom.